The maximum absolute atomic E-state index is 10.9. The molecule has 0 aliphatic heterocycles. The monoisotopic (exact) mass is 253 g/mol. The molecule has 5 nitrogen and oxygen atoms in total. The molecule has 0 aliphatic carbocycles. The molecule has 0 aromatic carbocycles. The maximum atomic E-state index is 10.9. The van der Waals surface area contributed by atoms with E-state index < -0.39 is 0 Å². The van der Waals surface area contributed by atoms with Crippen molar-refractivity contribution in [3.63, 3.8) is 0 Å². The van der Waals surface area contributed by atoms with E-state index in [1.54, 1.807) is 13.8 Å². The van der Waals surface area contributed by atoms with Gasteiger partial charge in [0, 0.05) is 6.42 Å². The van der Waals surface area contributed by atoms with Gasteiger partial charge in [0.25, 0.3) is 0 Å². The lowest BCUT2D eigenvalue weighted by atomic mass is 10.3. The highest BCUT2D eigenvalue weighted by molar-refractivity contribution is 5.70. The van der Waals surface area contributed by atoms with E-state index >= 15 is 0 Å². The van der Waals surface area contributed by atoms with E-state index in [0.29, 0.717) is 26.2 Å². The number of halogens is 1. The van der Waals surface area contributed by atoms with Gasteiger partial charge in [0.15, 0.2) is 6.54 Å². The Morgan fingerprint density at radius 2 is 1.62 bits per heavy atom. The average Bonchev–Trinajstić information content (AvgIpc) is 2.18. The summed E-state index contributed by atoms with van der Waals surface area (Å²) in [5.74, 6) is -0.393. The second kappa shape index (κ2) is 12.3. The molecule has 0 aromatic heterocycles. The van der Waals surface area contributed by atoms with Crippen molar-refractivity contribution in [3.8, 4) is 0 Å². The second-order valence-electron chi connectivity index (χ2n) is 3.00. The minimum atomic E-state index is -0.214. The Labute approximate surface area is 102 Å². The van der Waals surface area contributed by atoms with Gasteiger partial charge in [-0.2, -0.15) is 0 Å². The van der Waals surface area contributed by atoms with Crippen LogP contribution in [0.25, 0.3) is 0 Å². The van der Waals surface area contributed by atoms with Crippen LogP contribution in [-0.4, -0.2) is 38.2 Å². The van der Waals surface area contributed by atoms with Crippen LogP contribution in [0.15, 0.2) is 0 Å². The summed E-state index contributed by atoms with van der Waals surface area (Å²) in [6.45, 7) is 5.44. The molecule has 0 spiro atoms. The molecular formula is C10H20ClNO4. The summed E-state index contributed by atoms with van der Waals surface area (Å²) in [6.07, 6.45) is 1.13. The zero-order valence-electron chi connectivity index (χ0n) is 9.83. The topological polar surface area (TPSA) is 69.2 Å². The number of carbonyl (C=O) groups excluding carboxylic acids is 2. The number of ether oxygens (including phenoxy) is 2. The average molecular weight is 254 g/mol. The number of rotatable bonds is 8. The van der Waals surface area contributed by atoms with E-state index in [4.69, 9.17) is 9.47 Å². The molecule has 0 bridgehead atoms. The highest BCUT2D eigenvalue weighted by atomic mass is 35.5. The third kappa shape index (κ3) is 11.3. The summed E-state index contributed by atoms with van der Waals surface area (Å²) in [6, 6.07) is 0. The Bertz CT molecular complexity index is 179. The predicted octanol–water partition coefficient (Wildman–Crippen LogP) is -3.54. The molecule has 0 heterocycles. The van der Waals surface area contributed by atoms with Gasteiger partial charge < -0.3 is 27.2 Å². The normalized spacial score (nSPS) is 9.12. The lowest BCUT2D eigenvalue weighted by Crippen LogP contribution is -3.00. The summed E-state index contributed by atoms with van der Waals surface area (Å²) >= 11 is 0. The van der Waals surface area contributed by atoms with Crippen LogP contribution in [0.2, 0.25) is 0 Å². The highest BCUT2D eigenvalue weighted by Gasteiger charge is 2.05. The Hall–Kier alpha value is -0.810. The van der Waals surface area contributed by atoms with Gasteiger partial charge in [-0.3, -0.25) is 4.79 Å². The summed E-state index contributed by atoms with van der Waals surface area (Å²) < 4.78 is 9.51. The number of carbonyl (C=O) groups is 2. The summed E-state index contributed by atoms with van der Waals surface area (Å²) in [7, 11) is 0. The number of nitrogens with two attached hydrogens (primary N) is 1. The molecule has 0 saturated carbocycles. The summed E-state index contributed by atoms with van der Waals surface area (Å²) in [5, 5.41) is 1.83. The van der Waals surface area contributed by atoms with Crippen molar-refractivity contribution in [2.45, 2.75) is 26.7 Å². The largest absolute Gasteiger partial charge is 1.00 e. The van der Waals surface area contributed by atoms with Gasteiger partial charge in [-0.1, -0.05) is 0 Å². The predicted molar refractivity (Wildman–Crippen MR) is 54.2 cm³/mol. The molecule has 2 N–H and O–H groups in total. The van der Waals surface area contributed by atoms with Crippen LogP contribution in [0.5, 0.6) is 0 Å². The van der Waals surface area contributed by atoms with Crippen molar-refractivity contribution in [2.75, 3.05) is 26.3 Å². The van der Waals surface area contributed by atoms with E-state index in [9.17, 15) is 9.59 Å². The minimum Gasteiger partial charge on any atom is -1.00 e. The van der Waals surface area contributed by atoms with Gasteiger partial charge >= 0.3 is 11.9 Å². The molecule has 0 amide bonds. The molecule has 0 saturated heterocycles. The van der Waals surface area contributed by atoms with Crippen LogP contribution in [0.4, 0.5) is 0 Å². The van der Waals surface area contributed by atoms with Crippen LogP contribution < -0.4 is 17.7 Å². The number of hydrogen-bond acceptors (Lipinski definition) is 4. The third-order valence-corrected chi connectivity index (χ3v) is 1.71. The van der Waals surface area contributed by atoms with Crippen molar-refractivity contribution in [3.05, 3.63) is 0 Å². The van der Waals surface area contributed by atoms with Gasteiger partial charge in [-0.05, 0) is 13.8 Å². The molecule has 0 aromatic rings. The minimum absolute atomic E-state index is 0. The molecule has 0 aliphatic rings. The first kappa shape index (κ1) is 17.6. The first-order valence-corrected chi connectivity index (χ1v) is 5.33. The van der Waals surface area contributed by atoms with E-state index in [0.717, 1.165) is 13.0 Å². The molecule has 0 rings (SSSR count). The Balaban J connectivity index is 0. The lowest BCUT2D eigenvalue weighted by Gasteiger charge is -2.02. The fraction of sp³-hybridized carbons (Fsp3) is 0.800. The first-order chi connectivity index (χ1) is 7.20. The Morgan fingerprint density at radius 3 is 2.19 bits per heavy atom. The van der Waals surface area contributed by atoms with E-state index in [1.807, 2.05) is 5.32 Å². The van der Waals surface area contributed by atoms with Crippen molar-refractivity contribution >= 4 is 11.9 Å². The molecular weight excluding hydrogens is 234 g/mol. The van der Waals surface area contributed by atoms with Crippen LogP contribution in [0.3, 0.4) is 0 Å². The van der Waals surface area contributed by atoms with E-state index in [1.165, 1.54) is 0 Å². The van der Waals surface area contributed by atoms with Crippen molar-refractivity contribution in [2.24, 2.45) is 0 Å². The molecule has 0 unspecified atom stereocenters. The first-order valence-electron chi connectivity index (χ1n) is 5.33. The van der Waals surface area contributed by atoms with Crippen LogP contribution in [0.1, 0.15) is 26.7 Å². The van der Waals surface area contributed by atoms with Gasteiger partial charge in [-0.15, -0.1) is 0 Å². The third-order valence-electron chi connectivity index (χ3n) is 1.71. The van der Waals surface area contributed by atoms with E-state index in [2.05, 4.69) is 0 Å². The second-order valence-corrected chi connectivity index (χ2v) is 3.00. The van der Waals surface area contributed by atoms with Gasteiger partial charge in [-0.25, -0.2) is 4.79 Å². The Kier molecular flexibility index (Phi) is 13.5. The molecule has 0 fully saturated rings. The van der Waals surface area contributed by atoms with Crippen LogP contribution in [0, 0.1) is 0 Å². The smallest absolute Gasteiger partial charge is 0.361 e. The summed E-state index contributed by atoms with van der Waals surface area (Å²) in [4.78, 5) is 21.8. The standard InChI is InChI=1S/C10H19NO4.ClH/c1-3-14-9(12)6-5-7-11-8-10(13)15-4-2;/h11H,3-8H2,1-2H3;1H. The lowest BCUT2D eigenvalue weighted by molar-refractivity contribution is -0.645. The SMILES string of the molecule is CCOC(=O)CCC[NH2+]CC(=O)OCC.[Cl-]. The molecule has 96 valence electrons. The van der Waals surface area contributed by atoms with Gasteiger partial charge in [0.05, 0.1) is 26.2 Å². The molecule has 6 heteroatoms. The molecule has 0 atom stereocenters. The van der Waals surface area contributed by atoms with Crippen LogP contribution in [-0.2, 0) is 19.1 Å². The number of esters is 2. The fourth-order valence-electron chi connectivity index (χ4n) is 1.06. The van der Waals surface area contributed by atoms with Crippen molar-refractivity contribution in [1.29, 1.82) is 0 Å². The zero-order chi connectivity index (χ0) is 11.5. The summed E-state index contributed by atoms with van der Waals surface area (Å²) in [5.41, 5.74) is 0. The molecule has 16 heavy (non-hydrogen) atoms. The van der Waals surface area contributed by atoms with Crippen molar-refractivity contribution in [1.82, 2.24) is 0 Å². The van der Waals surface area contributed by atoms with Gasteiger partial charge in [0.2, 0.25) is 0 Å². The fourth-order valence-corrected chi connectivity index (χ4v) is 1.06. The van der Waals surface area contributed by atoms with Crippen LogP contribution >= 0.6 is 0 Å². The number of quaternary nitrogens is 1. The number of hydrogen-bond donors (Lipinski definition) is 1. The highest BCUT2D eigenvalue weighted by Crippen LogP contribution is 1.89. The Morgan fingerprint density at radius 1 is 1.06 bits per heavy atom. The molecule has 0 radical (unpaired) electrons. The van der Waals surface area contributed by atoms with Crippen molar-refractivity contribution < 1.29 is 36.8 Å². The van der Waals surface area contributed by atoms with Gasteiger partial charge in [0.1, 0.15) is 0 Å². The van der Waals surface area contributed by atoms with E-state index in [-0.39, 0.29) is 24.3 Å². The quantitative estimate of drug-likeness (QED) is 0.359. The maximum Gasteiger partial charge on any atom is 0.361 e. The zero-order valence-corrected chi connectivity index (χ0v) is 10.6.